The molecule has 0 radical (unpaired) electrons. The average Bonchev–Trinajstić information content (AvgIpc) is 3.30. The molecule has 37 heavy (non-hydrogen) atoms. The van der Waals surface area contributed by atoms with Gasteiger partial charge in [-0.2, -0.15) is 0 Å². The van der Waals surface area contributed by atoms with Crippen molar-refractivity contribution in [2.45, 2.75) is 32.8 Å². The molecule has 0 aliphatic carbocycles. The molecule has 6 heteroatoms. The molecule has 1 heterocycles. The van der Waals surface area contributed by atoms with E-state index in [4.69, 9.17) is 19.9 Å². The lowest BCUT2D eigenvalue weighted by Crippen LogP contribution is -2.14. The van der Waals surface area contributed by atoms with Gasteiger partial charge in [0.1, 0.15) is 24.7 Å². The molecule has 5 nitrogen and oxygen atoms in total. The Morgan fingerprint density at radius 1 is 0.973 bits per heavy atom. The molecule has 4 rings (SSSR count). The zero-order valence-electron chi connectivity index (χ0n) is 21.4. The summed E-state index contributed by atoms with van der Waals surface area (Å²) < 4.78 is 18.1. The normalized spacial score (nSPS) is 11.5. The summed E-state index contributed by atoms with van der Waals surface area (Å²) in [4.78, 5) is 11.4. The van der Waals surface area contributed by atoms with E-state index >= 15 is 0 Å². The molecular formula is C31H31NO4S. The number of hydrogen-bond acceptors (Lipinski definition) is 5. The van der Waals surface area contributed by atoms with Crippen LogP contribution in [-0.4, -0.2) is 26.2 Å². The molecule has 0 aliphatic rings. The van der Waals surface area contributed by atoms with Crippen molar-refractivity contribution >= 4 is 27.3 Å². The van der Waals surface area contributed by atoms with E-state index in [1.54, 1.807) is 25.4 Å². The first-order valence-corrected chi connectivity index (χ1v) is 13.0. The standard InChI is InChI=1S/C31H31NO4S/c1-4-5-24(18-31(32)33)23-7-9-25(10-8-23)36-19-22-6-13-30-28(17-22)29(20-37-30)27-12-11-26(16-21(27)2)35-15-14-34-3/h6-13,16-17,20,24H,14-15,18-19H2,1-3H3,(H2,32,33)/t24-/m0/s1. The van der Waals surface area contributed by atoms with Crippen molar-refractivity contribution in [2.24, 2.45) is 5.73 Å². The number of carbonyl (C=O) groups excluding carboxylic acids is 1. The summed E-state index contributed by atoms with van der Waals surface area (Å²) in [5.74, 6) is 6.98. The number of ether oxygens (including phenoxy) is 3. The van der Waals surface area contributed by atoms with Gasteiger partial charge in [-0.1, -0.05) is 30.2 Å². The molecule has 0 unspecified atom stereocenters. The first-order valence-electron chi connectivity index (χ1n) is 12.1. The number of nitrogens with two attached hydrogens (primary N) is 1. The van der Waals surface area contributed by atoms with E-state index in [9.17, 15) is 4.79 Å². The van der Waals surface area contributed by atoms with E-state index in [1.165, 1.54) is 26.8 Å². The first kappa shape index (κ1) is 26.3. The number of thiophene rings is 1. The Kier molecular flexibility index (Phi) is 8.84. The van der Waals surface area contributed by atoms with E-state index in [0.29, 0.717) is 19.8 Å². The summed E-state index contributed by atoms with van der Waals surface area (Å²) in [5, 5.41) is 3.42. The predicted molar refractivity (Wildman–Crippen MR) is 150 cm³/mol. The fourth-order valence-electron chi connectivity index (χ4n) is 4.24. The molecule has 0 saturated heterocycles. The van der Waals surface area contributed by atoms with Crippen molar-refractivity contribution in [3.8, 4) is 34.5 Å². The van der Waals surface area contributed by atoms with Gasteiger partial charge in [-0.15, -0.1) is 17.3 Å². The highest BCUT2D eigenvalue weighted by Crippen LogP contribution is 2.37. The van der Waals surface area contributed by atoms with Crippen LogP contribution in [0.15, 0.2) is 66.0 Å². The average molecular weight is 514 g/mol. The third kappa shape index (κ3) is 6.71. The lowest BCUT2D eigenvalue weighted by Gasteiger charge is -2.12. The Balaban J connectivity index is 1.48. The number of benzene rings is 3. The summed E-state index contributed by atoms with van der Waals surface area (Å²) in [5.41, 5.74) is 11.0. The van der Waals surface area contributed by atoms with Gasteiger partial charge in [-0.05, 0) is 77.9 Å². The van der Waals surface area contributed by atoms with Crippen LogP contribution in [0.3, 0.4) is 0 Å². The molecule has 3 aromatic carbocycles. The summed E-state index contributed by atoms with van der Waals surface area (Å²) in [6.07, 6.45) is 0.201. The molecule has 0 saturated carbocycles. The molecule has 1 atom stereocenters. The van der Waals surface area contributed by atoms with Crippen molar-refractivity contribution in [3.05, 3.63) is 82.7 Å². The zero-order chi connectivity index (χ0) is 26.2. The maximum atomic E-state index is 11.4. The van der Waals surface area contributed by atoms with Crippen molar-refractivity contribution in [1.82, 2.24) is 0 Å². The van der Waals surface area contributed by atoms with Crippen molar-refractivity contribution in [1.29, 1.82) is 0 Å². The van der Waals surface area contributed by atoms with Crippen LogP contribution in [0.2, 0.25) is 0 Å². The monoisotopic (exact) mass is 513 g/mol. The SMILES string of the molecule is CC#C[C@@H](CC(N)=O)c1ccc(OCc2ccc3scc(-c4ccc(OCCOC)cc4C)c3c2)cc1. The van der Waals surface area contributed by atoms with E-state index in [1.807, 2.05) is 30.3 Å². The van der Waals surface area contributed by atoms with Gasteiger partial charge in [0.2, 0.25) is 5.91 Å². The van der Waals surface area contributed by atoms with Gasteiger partial charge in [0, 0.05) is 29.2 Å². The number of rotatable bonds is 11. The maximum Gasteiger partial charge on any atom is 0.219 e. The van der Waals surface area contributed by atoms with E-state index in [0.717, 1.165) is 22.6 Å². The molecule has 1 aromatic heterocycles. The molecule has 0 spiro atoms. The quantitative estimate of drug-likeness (QED) is 0.184. The number of methoxy groups -OCH3 is 1. The van der Waals surface area contributed by atoms with Crippen LogP contribution >= 0.6 is 11.3 Å². The predicted octanol–water partition coefficient (Wildman–Crippen LogP) is 6.46. The van der Waals surface area contributed by atoms with Crippen LogP contribution in [0.5, 0.6) is 11.5 Å². The molecular weight excluding hydrogens is 482 g/mol. The van der Waals surface area contributed by atoms with Crippen LogP contribution in [0, 0.1) is 18.8 Å². The smallest absolute Gasteiger partial charge is 0.219 e. The van der Waals surface area contributed by atoms with Crippen molar-refractivity contribution in [2.75, 3.05) is 20.3 Å². The van der Waals surface area contributed by atoms with Crippen LogP contribution in [0.1, 0.15) is 36.0 Å². The molecule has 2 N–H and O–H groups in total. The highest BCUT2D eigenvalue weighted by Gasteiger charge is 2.13. The lowest BCUT2D eigenvalue weighted by molar-refractivity contribution is -0.118. The fourth-order valence-corrected chi connectivity index (χ4v) is 5.18. The minimum absolute atomic E-state index is 0.201. The second-order valence-corrected chi connectivity index (χ2v) is 9.68. The zero-order valence-corrected chi connectivity index (χ0v) is 22.2. The molecule has 1 amide bonds. The van der Waals surface area contributed by atoms with Crippen LogP contribution in [0.25, 0.3) is 21.2 Å². The third-order valence-corrected chi connectivity index (χ3v) is 7.06. The Bertz CT molecular complexity index is 1430. The number of primary amides is 1. The van der Waals surface area contributed by atoms with Crippen LogP contribution < -0.4 is 15.2 Å². The van der Waals surface area contributed by atoms with Crippen molar-refractivity contribution < 1.29 is 19.0 Å². The highest BCUT2D eigenvalue weighted by atomic mass is 32.1. The summed E-state index contributed by atoms with van der Waals surface area (Å²) >= 11 is 1.74. The van der Waals surface area contributed by atoms with E-state index in [2.05, 4.69) is 54.5 Å². The minimum atomic E-state index is -0.363. The largest absolute Gasteiger partial charge is 0.491 e. The van der Waals surface area contributed by atoms with E-state index < -0.39 is 0 Å². The summed E-state index contributed by atoms with van der Waals surface area (Å²) in [6, 6.07) is 20.4. The fraction of sp³-hybridized carbons (Fsp3) is 0.258. The van der Waals surface area contributed by atoms with Gasteiger partial charge >= 0.3 is 0 Å². The third-order valence-electron chi connectivity index (χ3n) is 6.09. The maximum absolute atomic E-state index is 11.4. The first-order chi connectivity index (χ1) is 18.0. The van der Waals surface area contributed by atoms with Gasteiger partial charge < -0.3 is 19.9 Å². The van der Waals surface area contributed by atoms with Crippen LogP contribution in [-0.2, 0) is 16.1 Å². The second-order valence-electron chi connectivity index (χ2n) is 8.77. The number of aryl methyl sites for hydroxylation is 1. The number of hydrogen-bond donors (Lipinski definition) is 1. The number of amides is 1. The number of fused-ring (bicyclic) bond motifs is 1. The highest BCUT2D eigenvalue weighted by molar-refractivity contribution is 7.17. The molecule has 0 aliphatic heterocycles. The Hall–Kier alpha value is -3.79. The van der Waals surface area contributed by atoms with Crippen LogP contribution in [0.4, 0.5) is 0 Å². The molecule has 0 fully saturated rings. The Morgan fingerprint density at radius 2 is 1.76 bits per heavy atom. The topological polar surface area (TPSA) is 70.8 Å². The Labute approximate surface area is 222 Å². The summed E-state index contributed by atoms with van der Waals surface area (Å²) in [7, 11) is 1.67. The molecule has 190 valence electrons. The lowest BCUT2D eigenvalue weighted by atomic mass is 9.96. The second kappa shape index (κ2) is 12.4. The Morgan fingerprint density at radius 3 is 2.46 bits per heavy atom. The van der Waals surface area contributed by atoms with Gasteiger partial charge in [-0.3, -0.25) is 4.79 Å². The van der Waals surface area contributed by atoms with Gasteiger partial charge in [0.15, 0.2) is 0 Å². The molecule has 4 aromatic rings. The van der Waals surface area contributed by atoms with Crippen molar-refractivity contribution in [3.63, 3.8) is 0 Å². The van der Waals surface area contributed by atoms with Gasteiger partial charge in [0.25, 0.3) is 0 Å². The number of carbonyl (C=O) groups is 1. The molecule has 0 bridgehead atoms. The minimum Gasteiger partial charge on any atom is -0.491 e. The van der Waals surface area contributed by atoms with Gasteiger partial charge in [0.05, 0.1) is 12.5 Å². The van der Waals surface area contributed by atoms with Gasteiger partial charge in [-0.25, -0.2) is 0 Å². The summed E-state index contributed by atoms with van der Waals surface area (Å²) in [6.45, 7) is 5.42. The van der Waals surface area contributed by atoms with E-state index in [-0.39, 0.29) is 18.2 Å².